The Hall–Kier alpha value is -1.00. The zero-order valence-electron chi connectivity index (χ0n) is 10.3. The SMILES string of the molecule is COC1(C(O)c2cncnc2)CCCCCC1. The van der Waals surface area contributed by atoms with E-state index in [1.54, 1.807) is 19.5 Å². The maximum absolute atomic E-state index is 10.5. The second-order valence-corrected chi connectivity index (χ2v) is 4.76. The van der Waals surface area contributed by atoms with Crippen LogP contribution in [0.5, 0.6) is 0 Å². The van der Waals surface area contributed by atoms with E-state index in [4.69, 9.17) is 4.74 Å². The summed E-state index contributed by atoms with van der Waals surface area (Å²) in [4.78, 5) is 7.93. The van der Waals surface area contributed by atoms with Gasteiger partial charge in [0.25, 0.3) is 0 Å². The fourth-order valence-electron chi connectivity index (χ4n) is 2.67. The van der Waals surface area contributed by atoms with E-state index in [0.29, 0.717) is 0 Å². The van der Waals surface area contributed by atoms with Crippen molar-refractivity contribution in [3.05, 3.63) is 24.3 Å². The van der Waals surface area contributed by atoms with E-state index in [1.165, 1.54) is 19.2 Å². The topological polar surface area (TPSA) is 55.2 Å². The lowest BCUT2D eigenvalue weighted by Crippen LogP contribution is -2.38. The molecule has 1 heterocycles. The van der Waals surface area contributed by atoms with Gasteiger partial charge in [-0.05, 0) is 12.8 Å². The van der Waals surface area contributed by atoms with Crippen LogP contribution in [-0.2, 0) is 4.74 Å². The molecular weight excluding hydrogens is 216 g/mol. The van der Waals surface area contributed by atoms with E-state index in [2.05, 4.69) is 9.97 Å². The molecule has 94 valence electrons. The molecule has 1 aliphatic rings. The second kappa shape index (κ2) is 5.56. The minimum Gasteiger partial charge on any atom is -0.385 e. The predicted molar refractivity (Wildman–Crippen MR) is 64.4 cm³/mol. The molecule has 1 aromatic heterocycles. The van der Waals surface area contributed by atoms with Gasteiger partial charge in [0.15, 0.2) is 0 Å². The van der Waals surface area contributed by atoms with E-state index in [0.717, 1.165) is 31.2 Å². The van der Waals surface area contributed by atoms with Crippen LogP contribution in [0.25, 0.3) is 0 Å². The summed E-state index contributed by atoms with van der Waals surface area (Å²) in [7, 11) is 1.69. The molecule has 0 aromatic carbocycles. The molecule has 0 saturated heterocycles. The van der Waals surface area contributed by atoms with E-state index in [1.807, 2.05) is 0 Å². The molecule has 0 radical (unpaired) electrons. The van der Waals surface area contributed by atoms with Crippen LogP contribution in [0.2, 0.25) is 0 Å². The molecule has 0 aliphatic heterocycles. The molecule has 0 spiro atoms. The Balaban J connectivity index is 2.21. The first-order valence-corrected chi connectivity index (χ1v) is 6.27. The third kappa shape index (κ3) is 2.64. The van der Waals surface area contributed by atoms with E-state index < -0.39 is 11.7 Å². The standard InChI is InChI=1S/C13H20N2O2/c1-17-13(6-4-2-3-5-7-13)12(16)11-8-14-10-15-9-11/h8-10,12,16H,2-7H2,1H3. The molecule has 0 bridgehead atoms. The molecule has 1 aromatic rings. The average molecular weight is 236 g/mol. The summed E-state index contributed by atoms with van der Waals surface area (Å²) in [6.45, 7) is 0. The van der Waals surface area contributed by atoms with Gasteiger partial charge >= 0.3 is 0 Å². The van der Waals surface area contributed by atoms with Gasteiger partial charge < -0.3 is 9.84 Å². The fourth-order valence-corrected chi connectivity index (χ4v) is 2.67. The summed E-state index contributed by atoms with van der Waals surface area (Å²) >= 11 is 0. The first-order chi connectivity index (χ1) is 8.28. The number of nitrogens with zero attached hydrogens (tertiary/aromatic N) is 2. The highest BCUT2D eigenvalue weighted by molar-refractivity contribution is 5.12. The molecule has 1 saturated carbocycles. The molecule has 1 unspecified atom stereocenters. The van der Waals surface area contributed by atoms with Crippen LogP contribution < -0.4 is 0 Å². The summed E-state index contributed by atoms with van der Waals surface area (Å²) in [6.07, 6.45) is 10.7. The van der Waals surface area contributed by atoms with Gasteiger partial charge in [-0.3, -0.25) is 0 Å². The Labute approximate surface area is 102 Å². The highest BCUT2D eigenvalue weighted by atomic mass is 16.5. The number of aliphatic hydroxyl groups excluding tert-OH is 1. The maximum atomic E-state index is 10.5. The Kier molecular flexibility index (Phi) is 4.07. The van der Waals surface area contributed by atoms with Crippen LogP contribution in [0.3, 0.4) is 0 Å². The number of aliphatic hydroxyl groups is 1. The van der Waals surface area contributed by atoms with Crippen molar-refractivity contribution in [3.63, 3.8) is 0 Å². The summed E-state index contributed by atoms with van der Waals surface area (Å²) in [5.74, 6) is 0. The summed E-state index contributed by atoms with van der Waals surface area (Å²) in [5, 5.41) is 10.5. The van der Waals surface area contributed by atoms with Gasteiger partial charge in [0, 0.05) is 25.1 Å². The molecule has 0 amide bonds. The number of hydrogen-bond donors (Lipinski definition) is 1. The largest absolute Gasteiger partial charge is 0.385 e. The number of ether oxygens (including phenoxy) is 1. The normalized spacial score (nSPS) is 21.8. The van der Waals surface area contributed by atoms with Gasteiger partial charge in [-0.15, -0.1) is 0 Å². The number of methoxy groups -OCH3 is 1. The lowest BCUT2D eigenvalue weighted by atomic mass is 9.85. The third-order valence-corrected chi connectivity index (χ3v) is 3.75. The summed E-state index contributed by atoms with van der Waals surface area (Å²) < 4.78 is 5.67. The smallest absolute Gasteiger partial charge is 0.115 e. The molecule has 17 heavy (non-hydrogen) atoms. The number of hydrogen-bond acceptors (Lipinski definition) is 4. The van der Waals surface area contributed by atoms with Crippen LogP contribution in [0.4, 0.5) is 0 Å². The van der Waals surface area contributed by atoms with Gasteiger partial charge in [-0.1, -0.05) is 25.7 Å². The molecule has 1 fully saturated rings. The number of aromatic nitrogens is 2. The van der Waals surface area contributed by atoms with Crippen LogP contribution >= 0.6 is 0 Å². The summed E-state index contributed by atoms with van der Waals surface area (Å²) in [5.41, 5.74) is 0.289. The van der Waals surface area contributed by atoms with Crippen molar-refractivity contribution in [2.75, 3.05) is 7.11 Å². The zero-order valence-corrected chi connectivity index (χ0v) is 10.3. The molecule has 1 N–H and O–H groups in total. The van der Waals surface area contributed by atoms with Crippen molar-refractivity contribution in [2.24, 2.45) is 0 Å². The van der Waals surface area contributed by atoms with Crippen molar-refractivity contribution in [1.29, 1.82) is 0 Å². The molecule has 1 atom stereocenters. The Morgan fingerprint density at radius 1 is 1.18 bits per heavy atom. The molecule has 4 nitrogen and oxygen atoms in total. The minimum absolute atomic E-state index is 0.457. The quantitative estimate of drug-likeness (QED) is 0.818. The van der Waals surface area contributed by atoms with Crippen molar-refractivity contribution >= 4 is 0 Å². The molecular formula is C13H20N2O2. The van der Waals surface area contributed by atoms with E-state index >= 15 is 0 Å². The van der Waals surface area contributed by atoms with E-state index in [9.17, 15) is 5.11 Å². The Bertz CT molecular complexity index is 335. The molecule has 4 heteroatoms. The lowest BCUT2D eigenvalue weighted by molar-refractivity contribution is -0.114. The minimum atomic E-state index is -0.633. The van der Waals surface area contributed by atoms with Crippen molar-refractivity contribution in [3.8, 4) is 0 Å². The molecule has 1 aliphatic carbocycles. The van der Waals surface area contributed by atoms with Crippen molar-refractivity contribution in [2.45, 2.75) is 50.2 Å². The van der Waals surface area contributed by atoms with Gasteiger partial charge in [-0.25, -0.2) is 9.97 Å². The molecule has 2 rings (SSSR count). The maximum Gasteiger partial charge on any atom is 0.115 e. The first kappa shape index (κ1) is 12.5. The first-order valence-electron chi connectivity index (χ1n) is 6.27. The fraction of sp³-hybridized carbons (Fsp3) is 0.692. The lowest BCUT2D eigenvalue weighted by Gasteiger charge is -2.36. The van der Waals surface area contributed by atoms with Crippen molar-refractivity contribution < 1.29 is 9.84 Å². The monoisotopic (exact) mass is 236 g/mol. The predicted octanol–water partition coefficient (Wildman–Crippen LogP) is 2.25. The van der Waals surface area contributed by atoms with Gasteiger partial charge in [0.1, 0.15) is 12.4 Å². The van der Waals surface area contributed by atoms with Crippen molar-refractivity contribution in [1.82, 2.24) is 9.97 Å². The highest BCUT2D eigenvalue weighted by Crippen LogP contribution is 2.39. The Morgan fingerprint density at radius 2 is 1.76 bits per heavy atom. The average Bonchev–Trinajstić information content (AvgIpc) is 2.65. The second-order valence-electron chi connectivity index (χ2n) is 4.76. The van der Waals surface area contributed by atoms with Crippen LogP contribution in [-0.4, -0.2) is 27.8 Å². The van der Waals surface area contributed by atoms with Gasteiger partial charge in [0.05, 0.1) is 5.60 Å². The van der Waals surface area contributed by atoms with Gasteiger partial charge in [0.2, 0.25) is 0 Å². The van der Waals surface area contributed by atoms with Gasteiger partial charge in [-0.2, -0.15) is 0 Å². The highest BCUT2D eigenvalue weighted by Gasteiger charge is 2.39. The van der Waals surface area contributed by atoms with Crippen LogP contribution in [0.1, 0.15) is 50.2 Å². The summed E-state index contributed by atoms with van der Waals surface area (Å²) in [6, 6.07) is 0. The number of rotatable bonds is 3. The Morgan fingerprint density at radius 3 is 2.29 bits per heavy atom. The third-order valence-electron chi connectivity index (χ3n) is 3.75. The van der Waals surface area contributed by atoms with E-state index in [-0.39, 0.29) is 0 Å². The van der Waals surface area contributed by atoms with Crippen LogP contribution in [0, 0.1) is 0 Å². The van der Waals surface area contributed by atoms with Crippen LogP contribution in [0.15, 0.2) is 18.7 Å². The zero-order chi connectivity index (χ0) is 12.1.